The first kappa shape index (κ1) is 10.9. The number of carbonyl (C=O) groups is 1. The van der Waals surface area contributed by atoms with Gasteiger partial charge < -0.3 is 5.73 Å². The van der Waals surface area contributed by atoms with Crippen molar-refractivity contribution in [3.63, 3.8) is 0 Å². The van der Waals surface area contributed by atoms with Crippen LogP contribution >= 0.6 is 0 Å². The van der Waals surface area contributed by atoms with Crippen molar-refractivity contribution < 1.29 is 4.79 Å². The first-order valence-corrected chi connectivity index (χ1v) is 2.41. The molecule has 0 saturated carbocycles. The summed E-state index contributed by atoms with van der Waals surface area (Å²) >= 11 is 0. The Labute approximate surface area is 62.0 Å². The van der Waals surface area contributed by atoms with Gasteiger partial charge in [0.15, 0.2) is 0 Å². The molecule has 0 bridgehead atoms. The molecule has 0 unspecified atom stereocenters. The van der Waals surface area contributed by atoms with Gasteiger partial charge in [0.1, 0.15) is 0 Å². The summed E-state index contributed by atoms with van der Waals surface area (Å²) in [5.74, 6) is 0.188. The van der Waals surface area contributed by atoms with Crippen molar-refractivity contribution in [1.82, 2.24) is 0 Å². The Balaban J connectivity index is 0. The van der Waals surface area contributed by atoms with Gasteiger partial charge in [0.2, 0.25) is 5.91 Å². The molecule has 0 aliphatic rings. The molecule has 44 valence electrons. The molecule has 3 heteroatoms. The fourth-order valence-electron chi connectivity index (χ4n) is 0.402. The second-order valence-corrected chi connectivity index (χ2v) is 2.06. The van der Waals surface area contributed by atoms with E-state index in [1.807, 2.05) is 13.8 Å². The van der Waals surface area contributed by atoms with Crippen LogP contribution in [0.25, 0.3) is 0 Å². The number of rotatable bonds is 2. The molecule has 0 aromatic heterocycles. The van der Waals surface area contributed by atoms with Crippen LogP contribution in [0.15, 0.2) is 0 Å². The molecule has 0 rings (SSSR count). The van der Waals surface area contributed by atoms with Crippen LogP contribution in [0.3, 0.4) is 0 Å². The monoisotopic (exact) mass is 109 g/mol. The number of amides is 1. The molecule has 2 N–H and O–H groups in total. The van der Waals surface area contributed by atoms with E-state index >= 15 is 0 Å². The van der Waals surface area contributed by atoms with Crippen LogP contribution in [-0.4, -0.2) is 24.8 Å². The Hall–Kier alpha value is 0.0674. The van der Waals surface area contributed by atoms with Crippen LogP contribution in [0.5, 0.6) is 0 Å². The van der Waals surface area contributed by atoms with E-state index in [1.165, 1.54) is 0 Å². The van der Waals surface area contributed by atoms with Gasteiger partial charge in [0.05, 0.1) is 0 Å². The first-order valence-electron chi connectivity index (χ1n) is 2.41. The van der Waals surface area contributed by atoms with Crippen LogP contribution in [0.1, 0.15) is 20.3 Å². The minimum absolute atomic E-state index is 0. The zero-order valence-corrected chi connectivity index (χ0v) is 4.77. The van der Waals surface area contributed by atoms with Crippen molar-refractivity contribution >= 4 is 24.8 Å². The molecular weight excluding hydrogens is 97.0 g/mol. The molecule has 0 aliphatic carbocycles. The van der Waals surface area contributed by atoms with Crippen molar-refractivity contribution in [2.75, 3.05) is 0 Å². The minimum atomic E-state index is -0.213. The quantitative estimate of drug-likeness (QED) is 0.493. The van der Waals surface area contributed by atoms with E-state index in [1.54, 1.807) is 0 Å². The van der Waals surface area contributed by atoms with Gasteiger partial charge in [0.25, 0.3) is 0 Å². The van der Waals surface area contributed by atoms with Gasteiger partial charge in [-0.2, -0.15) is 0 Å². The van der Waals surface area contributed by atoms with Crippen molar-refractivity contribution in [2.24, 2.45) is 11.7 Å². The molecule has 0 aromatic rings. The number of hydrogen-bond donors (Lipinski definition) is 1. The number of primary amides is 1. The van der Waals surface area contributed by atoms with E-state index in [0.717, 1.165) is 0 Å². The number of nitrogens with two attached hydrogens (primary N) is 1. The summed E-state index contributed by atoms with van der Waals surface area (Å²) in [5.41, 5.74) is 4.85. The SMILES string of the molecule is CC(C)CC(N)=O.[LiH]. The summed E-state index contributed by atoms with van der Waals surface area (Å²) in [5, 5.41) is 0. The molecule has 0 fully saturated rings. The molecule has 0 atom stereocenters. The Kier molecular flexibility index (Phi) is 7.13. The standard InChI is InChI=1S/C5H11NO.Li.H/c1-4(2)3-5(6)7;;/h4H,3H2,1-2H3,(H2,6,7);;. The van der Waals surface area contributed by atoms with Crippen molar-refractivity contribution in [3.05, 3.63) is 0 Å². The summed E-state index contributed by atoms with van der Waals surface area (Å²) in [6, 6.07) is 0. The Morgan fingerprint density at radius 2 is 2.00 bits per heavy atom. The van der Waals surface area contributed by atoms with Gasteiger partial charge in [-0.3, -0.25) is 4.79 Å². The molecule has 1 amide bonds. The molecule has 2 nitrogen and oxygen atoms in total. The third-order valence-corrected chi connectivity index (χ3v) is 0.609. The van der Waals surface area contributed by atoms with Crippen LogP contribution in [0, 0.1) is 5.92 Å². The second kappa shape index (κ2) is 5.21. The summed E-state index contributed by atoms with van der Waals surface area (Å²) in [4.78, 5) is 10.0. The fraction of sp³-hybridized carbons (Fsp3) is 0.800. The van der Waals surface area contributed by atoms with E-state index in [2.05, 4.69) is 0 Å². The predicted octanol–water partition coefficient (Wildman–Crippen LogP) is -0.131. The molecular formula is C5H12LiNO. The Bertz CT molecular complexity index is 72.8. The maximum absolute atomic E-state index is 10.0. The third kappa shape index (κ3) is 9.42. The average Bonchev–Trinajstić information content (AvgIpc) is 1.27. The molecule has 0 aliphatic heterocycles. The van der Waals surface area contributed by atoms with Crippen molar-refractivity contribution in [2.45, 2.75) is 20.3 Å². The maximum atomic E-state index is 10.0. The predicted molar refractivity (Wildman–Crippen MR) is 35.8 cm³/mol. The molecule has 0 spiro atoms. The molecule has 8 heavy (non-hydrogen) atoms. The Morgan fingerprint density at radius 3 is 2.00 bits per heavy atom. The van der Waals surface area contributed by atoms with Gasteiger partial charge in [-0.1, -0.05) is 13.8 Å². The van der Waals surface area contributed by atoms with Crippen molar-refractivity contribution in [1.29, 1.82) is 0 Å². The van der Waals surface area contributed by atoms with Crippen molar-refractivity contribution in [3.8, 4) is 0 Å². The van der Waals surface area contributed by atoms with Gasteiger partial charge in [-0.15, -0.1) is 0 Å². The number of hydrogen-bond acceptors (Lipinski definition) is 1. The zero-order chi connectivity index (χ0) is 5.86. The van der Waals surface area contributed by atoms with E-state index in [9.17, 15) is 4.79 Å². The summed E-state index contributed by atoms with van der Waals surface area (Å²) < 4.78 is 0. The van der Waals surface area contributed by atoms with Crippen LogP contribution in [0.2, 0.25) is 0 Å². The fourth-order valence-corrected chi connectivity index (χ4v) is 0.402. The van der Waals surface area contributed by atoms with E-state index in [4.69, 9.17) is 5.73 Å². The summed E-state index contributed by atoms with van der Waals surface area (Å²) in [7, 11) is 0. The number of carbonyl (C=O) groups excluding carboxylic acids is 1. The van der Waals surface area contributed by atoms with E-state index in [-0.39, 0.29) is 24.8 Å². The van der Waals surface area contributed by atoms with E-state index < -0.39 is 0 Å². The normalized spacial score (nSPS) is 8.38. The van der Waals surface area contributed by atoms with Gasteiger partial charge in [0, 0.05) is 6.42 Å². The zero-order valence-electron chi connectivity index (χ0n) is 4.77. The van der Waals surface area contributed by atoms with Gasteiger partial charge in [-0.25, -0.2) is 0 Å². The van der Waals surface area contributed by atoms with Gasteiger partial charge in [-0.05, 0) is 5.92 Å². The first-order chi connectivity index (χ1) is 3.13. The van der Waals surface area contributed by atoms with E-state index in [0.29, 0.717) is 12.3 Å². The molecule has 0 aromatic carbocycles. The molecule has 0 radical (unpaired) electrons. The van der Waals surface area contributed by atoms with Gasteiger partial charge >= 0.3 is 18.9 Å². The third-order valence-electron chi connectivity index (χ3n) is 0.609. The van der Waals surface area contributed by atoms with Crippen LogP contribution in [-0.2, 0) is 4.79 Å². The Morgan fingerprint density at radius 1 is 1.62 bits per heavy atom. The summed E-state index contributed by atoms with van der Waals surface area (Å²) in [6.07, 6.45) is 0.500. The average molecular weight is 109 g/mol. The molecule has 0 saturated heterocycles. The van der Waals surface area contributed by atoms with Crippen LogP contribution < -0.4 is 5.73 Å². The topological polar surface area (TPSA) is 43.1 Å². The van der Waals surface area contributed by atoms with Crippen LogP contribution in [0.4, 0.5) is 0 Å². The summed E-state index contributed by atoms with van der Waals surface area (Å²) in [6.45, 7) is 3.93. The molecule has 0 heterocycles. The second-order valence-electron chi connectivity index (χ2n) is 2.06.